The molecule has 1 heterocycles. The number of nitrogens with zero attached hydrogens (tertiary/aromatic N) is 3. The average molecular weight is 210 g/mol. The second-order valence-corrected chi connectivity index (χ2v) is 3.18. The van der Waals surface area contributed by atoms with Crippen molar-refractivity contribution in [2.24, 2.45) is 0 Å². The molecule has 5 heteroatoms. The molecule has 0 fully saturated rings. The molecule has 5 nitrogen and oxygen atoms in total. The van der Waals surface area contributed by atoms with E-state index < -0.39 is 0 Å². The molecule has 0 radical (unpaired) electrons. The number of nitrogens with one attached hydrogen (secondary N) is 1. The highest BCUT2D eigenvalue weighted by Crippen LogP contribution is 2.09. The molecule has 1 rings (SSSR count). The van der Waals surface area contributed by atoms with Gasteiger partial charge in [-0.3, -0.25) is 0 Å². The molecule has 0 aromatic carbocycles. The van der Waals surface area contributed by atoms with Crippen LogP contribution in [0.15, 0.2) is 12.3 Å². The van der Waals surface area contributed by atoms with E-state index in [4.69, 9.17) is 4.74 Å². The van der Waals surface area contributed by atoms with Gasteiger partial charge in [-0.25, -0.2) is 4.98 Å². The Hall–Kier alpha value is -1.36. The largest absolute Gasteiger partial charge is 0.383 e. The van der Waals surface area contributed by atoms with Gasteiger partial charge in [0.15, 0.2) is 0 Å². The van der Waals surface area contributed by atoms with E-state index in [1.807, 2.05) is 24.9 Å². The topological polar surface area (TPSA) is 50.3 Å². The Balaban J connectivity index is 2.62. The summed E-state index contributed by atoms with van der Waals surface area (Å²) in [4.78, 5) is 10.5. The van der Waals surface area contributed by atoms with Crippen molar-refractivity contribution in [3.05, 3.63) is 12.3 Å². The Morgan fingerprint density at radius 3 is 3.00 bits per heavy atom. The Morgan fingerprint density at radius 2 is 2.33 bits per heavy atom. The van der Waals surface area contributed by atoms with Gasteiger partial charge in [0.25, 0.3) is 0 Å². The Morgan fingerprint density at radius 1 is 1.53 bits per heavy atom. The van der Waals surface area contributed by atoms with Crippen LogP contribution in [0.3, 0.4) is 0 Å². The molecule has 15 heavy (non-hydrogen) atoms. The molecule has 0 aliphatic carbocycles. The highest BCUT2D eigenvalue weighted by atomic mass is 16.5. The van der Waals surface area contributed by atoms with E-state index in [9.17, 15) is 0 Å². The van der Waals surface area contributed by atoms with Crippen molar-refractivity contribution >= 4 is 11.8 Å². The lowest BCUT2D eigenvalue weighted by atomic mass is 10.5. The van der Waals surface area contributed by atoms with Crippen LogP contribution in [0.5, 0.6) is 0 Å². The molecule has 0 amide bonds. The van der Waals surface area contributed by atoms with E-state index >= 15 is 0 Å². The van der Waals surface area contributed by atoms with Gasteiger partial charge in [-0.05, 0) is 13.0 Å². The number of ether oxygens (including phenoxy) is 1. The standard InChI is InChI=1S/C10H18N4O/c1-4-11-10-12-6-5-9(13-10)14(2)7-8-15-3/h5-6H,4,7-8H2,1-3H3,(H,11,12,13). The summed E-state index contributed by atoms with van der Waals surface area (Å²) in [5, 5.41) is 3.08. The van der Waals surface area contributed by atoms with Crippen LogP contribution in [0.25, 0.3) is 0 Å². The predicted octanol–water partition coefficient (Wildman–Crippen LogP) is 0.991. The van der Waals surface area contributed by atoms with Gasteiger partial charge in [-0.2, -0.15) is 4.98 Å². The van der Waals surface area contributed by atoms with Gasteiger partial charge >= 0.3 is 0 Å². The van der Waals surface area contributed by atoms with Gasteiger partial charge in [0, 0.05) is 33.4 Å². The number of likely N-dealkylation sites (N-methyl/N-ethyl adjacent to an activating group) is 1. The molecule has 0 bridgehead atoms. The number of anilines is 2. The highest BCUT2D eigenvalue weighted by molar-refractivity contribution is 5.41. The van der Waals surface area contributed by atoms with Crippen LogP contribution < -0.4 is 10.2 Å². The quantitative estimate of drug-likeness (QED) is 0.759. The smallest absolute Gasteiger partial charge is 0.224 e. The normalized spacial score (nSPS) is 10.1. The first-order valence-electron chi connectivity index (χ1n) is 5.05. The Kier molecular flexibility index (Phi) is 4.83. The van der Waals surface area contributed by atoms with E-state index in [2.05, 4.69) is 15.3 Å². The van der Waals surface area contributed by atoms with Crippen molar-refractivity contribution in [1.29, 1.82) is 0 Å². The Labute approximate surface area is 90.5 Å². The third kappa shape index (κ3) is 3.71. The molecule has 0 aliphatic rings. The minimum absolute atomic E-state index is 0.666. The lowest BCUT2D eigenvalue weighted by molar-refractivity contribution is 0.206. The van der Waals surface area contributed by atoms with Crippen molar-refractivity contribution in [1.82, 2.24) is 9.97 Å². The molecule has 0 aliphatic heterocycles. The maximum absolute atomic E-state index is 5.01. The lowest BCUT2D eigenvalue weighted by Crippen LogP contribution is -2.23. The summed E-state index contributed by atoms with van der Waals surface area (Å²) in [7, 11) is 3.68. The fraction of sp³-hybridized carbons (Fsp3) is 0.600. The first-order chi connectivity index (χ1) is 7.27. The molecule has 0 atom stereocenters. The summed E-state index contributed by atoms with van der Waals surface area (Å²) in [5.74, 6) is 1.57. The molecule has 0 saturated carbocycles. The molecule has 0 spiro atoms. The highest BCUT2D eigenvalue weighted by Gasteiger charge is 2.03. The molecule has 1 aromatic heterocycles. The molecular formula is C10H18N4O. The summed E-state index contributed by atoms with van der Waals surface area (Å²) in [5.41, 5.74) is 0. The van der Waals surface area contributed by atoms with Crippen LogP contribution in [-0.4, -0.2) is 43.8 Å². The zero-order valence-corrected chi connectivity index (χ0v) is 9.53. The zero-order valence-electron chi connectivity index (χ0n) is 9.53. The predicted molar refractivity (Wildman–Crippen MR) is 61.3 cm³/mol. The van der Waals surface area contributed by atoms with Crippen molar-refractivity contribution in [2.45, 2.75) is 6.92 Å². The summed E-state index contributed by atoms with van der Waals surface area (Å²) in [6.07, 6.45) is 1.75. The third-order valence-corrected chi connectivity index (χ3v) is 2.00. The van der Waals surface area contributed by atoms with Crippen molar-refractivity contribution in [3.8, 4) is 0 Å². The molecule has 1 N–H and O–H groups in total. The van der Waals surface area contributed by atoms with Crippen molar-refractivity contribution in [2.75, 3.05) is 44.1 Å². The Bertz CT molecular complexity index is 293. The van der Waals surface area contributed by atoms with Gasteiger partial charge in [0.1, 0.15) is 5.82 Å². The second-order valence-electron chi connectivity index (χ2n) is 3.18. The number of hydrogen-bond donors (Lipinski definition) is 1. The number of hydrogen-bond acceptors (Lipinski definition) is 5. The van der Waals surface area contributed by atoms with Crippen molar-refractivity contribution in [3.63, 3.8) is 0 Å². The minimum atomic E-state index is 0.666. The van der Waals surface area contributed by atoms with Crippen LogP contribution >= 0.6 is 0 Å². The van der Waals surface area contributed by atoms with Crippen LogP contribution in [0, 0.1) is 0 Å². The maximum atomic E-state index is 5.01. The molecule has 1 aromatic rings. The molecule has 0 unspecified atom stereocenters. The van der Waals surface area contributed by atoms with E-state index in [0.29, 0.717) is 12.6 Å². The minimum Gasteiger partial charge on any atom is -0.383 e. The summed E-state index contributed by atoms with van der Waals surface area (Å²) < 4.78 is 5.01. The third-order valence-electron chi connectivity index (χ3n) is 2.00. The van der Waals surface area contributed by atoms with E-state index in [1.54, 1.807) is 13.3 Å². The van der Waals surface area contributed by atoms with Gasteiger partial charge in [-0.1, -0.05) is 0 Å². The van der Waals surface area contributed by atoms with E-state index in [-0.39, 0.29) is 0 Å². The summed E-state index contributed by atoms with van der Waals surface area (Å²) in [6, 6.07) is 1.89. The fourth-order valence-electron chi connectivity index (χ4n) is 1.15. The van der Waals surface area contributed by atoms with Gasteiger partial charge < -0.3 is 15.0 Å². The van der Waals surface area contributed by atoms with Crippen LogP contribution in [0.4, 0.5) is 11.8 Å². The van der Waals surface area contributed by atoms with Gasteiger partial charge in [0.2, 0.25) is 5.95 Å². The van der Waals surface area contributed by atoms with E-state index in [0.717, 1.165) is 18.9 Å². The van der Waals surface area contributed by atoms with Crippen LogP contribution in [-0.2, 0) is 4.74 Å². The number of rotatable bonds is 6. The molecule has 0 saturated heterocycles. The zero-order chi connectivity index (χ0) is 11.1. The fourth-order valence-corrected chi connectivity index (χ4v) is 1.15. The van der Waals surface area contributed by atoms with Crippen LogP contribution in [0.1, 0.15) is 6.92 Å². The maximum Gasteiger partial charge on any atom is 0.224 e. The van der Waals surface area contributed by atoms with Crippen LogP contribution in [0.2, 0.25) is 0 Å². The SMILES string of the molecule is CCNc1nccc(N(C)CCOC)n1. The van der Waals surface area contributed by atoms with Crippen molar-refractivity contribution < 1.29 is 4.74 Å². The number of aromatic nitrogens is 2. The van der Waals surface area contributed by atoms with Gasteiger partial charge in [-0.15, -0.1) is 0 Å². The summed E-state index contributed by atoms with van der Waals surface area (Å²) >= 11 is 0. The number of methoxy groups -OCH3 is 1. The van der Waals surface area contributed by atoms with E-state index in [1.165, 1.54) is 0 Å². The first-order valence-corrected chi connectivity index (χ1v) is 5.05. The molecular weight excluding hydrogens is 192 g/mol. The summed E-state index contributed by atoms with van der Waals surface area (Å²) in [6.45, 7) is 4.35. The average Bonchev–Trinajstić information content (AvgIpc) is 2.27. The second kappa shape index (κ2) is 6.19. The van der Waals surface area contributed by atoms with Gasteiger partial charge in [0.05, 0.1) is 6.61 Å². The lowest BCUT2D eigenvalue weighted by Gasteiger charge is -2.17. The first kappa shape index (κ1) is 11.7. The monoisotopic (exact) mass is 210 g/mol. The molecule has 84 valence electrons.